The molecule has 0 unspecified atom stereocenters. The number of amides is 5. The van der Waals surface area contributed by atoms with E-state index >= 15 is 0 Å². The molecule has 4 saturated heterocycles. The van der Waals surface area contributed by atoms with Gasteiger partial charge >= 0.3 is 53.4 Å². The molecule has 0 bridgehead atoms. The molecule has 5 amide bonds. The quantitative estimate of drug-likeness (QED) is 0.0508. The van der Waals surface area contributed by atoms with E-state index in [1.165, 1.54) is 17.4 Å². The van der Waals surface area contributed by atoms with Gasteiger partial charge < -0.3 is 79.6 Å². The summed E-state index contributed by atoms with van der Waals surface area (Å²) in [5, 5.41) is 18.4. The number of carboxylic acids is 1. The van der Waals surface area contributed by atoms with Crippen LogP contribution < -0.4 is 28.2 Å². The Bertz CT molecular complexity index is 2810. The molecule has 5 atom stereocenters. The minimum atomic E-state index is -1.18. The van der Waals surface area contributed by atoms with Gasteiger partial charge in [0.2, 0.25) is 0 Å². The van der Waals surface area contributed by atoms with Gasteiger partial charge in [0, 0.05) is 83.8 Å². The average Bonchev–Trinajstić information content (AvgIpc) is 1.81. The number of hydrogen-bond acceptors (Lipinski definition) is 16. The van der Waals surface area contributed by atoms with Gasteiger partial charge in [-0.1, -0.05) is 30.6 Å². The van der Waals surface area contributed by atoms with Crippen LogP contribution in [0.4, 0.5) is 19.2 Å². The zero-order valence-corrected chi connectivity index (χ0v) is 73.3. The second-order valence-electron chi connectivity index (χ2n) is 31.5. The number of carbonyl (C=O) groups is 6. The Balaban J connectivity index is -0.000000391. The number of piperidine rings is 4. The number of rotatable bonds is 14. The van der Waals surface area contributed by atoms with Gasteiger partial charge in [0.05, 0.1) is 34.0 Å². The summed E-state index contributed by atoms with van der Waals surface area (Å²) >= 11 is 13.7. The number of thiophene rings is 2. The number of ether oxygens (including phenoxy) is 4. The molecule has 2 aromatic rings. The van der Waals surface area contributed by atoms with Gasteiger partial charge in [-0.15, -0.1) is 35.1 Å². The fraction of sp³-hybridized carbons (Fsp3) is 0.778. The minimum Gasteiger partial charge on any atom is -1.00 e. The van der Waals surface area contributed by atoms with E-state index in [2.05, 4.69) is 21.4 Å². The number of nitrogens with zero attached hydrogens (tertiary/aromatic N) is 5. The molecular weight excluding hydrogens is 1500 g/mol. The fourth-order valence-corrected chi connectivity index (χ4v) is 13.5. The van der Waals surface area contributed by atoms with Crippen LogP contribution in [0.1, 0.15) is 249 Å². The predicted molar refractivity (Wildman–Crippen MR) is 428 cm³/mol. The van der Waals surface area contributed by atoms with Crippen molar-refractivity contribution in [1.82, 2.24) is 29.6 Å². The largest absolute Gasteiger partial charge is 2.00 e. The molecule has 6 heterocycles. The van der Waals surface area contributed by atoms with Crippen LogP contribution in [0.2, 0.25) is 8.67 Å². The molecule has 0 saturated carbocycles. The third-order valence-corrected chi connectivity index (χ3v) is 20.7. The van der Waals surface area contributed by atoms with Crippen LogP contribution >= 0.6 is 58.3 Å². The minimum absolute atomic E-state index is 0. The zero-order valence-electron chi connectivity index (χ0n) is 65.6. The van der Waals surface area contributed by atoms with Crippen molar-refractivity contribution in [2.24, 2.45) is 33.8 Å². The van der Waals surface area contributed by atoms with Crippen LogP contribution in [0, 0.1) is 31.1 Å². The molecule has 31 heteroatoms. The number of aromatic carboxylic acids is 1. The van der Waals surface area contributed by atoms with Gasteiger partial charge in [-0.25, -0.2) is 37.1 Å². The van der Waals surface area contributed by atoms with E-state index in [1.54, 1.807) is 39.1 Å². The van der Waals surface area contributed by atoms with Crippen LogP contribution in [-0.2, 0) is 40.9 Å². The normalized spacial score (nSPS) is 17.1. The van der Waals surface area contributed by atoms with E-state index in [0.29, 0.717) is 50.3 Å². The summed E-state index contributed by atoms with van der Waals surface area (Å²) in [5.41, 5.74) is 4.04. The van der Waals surface area contributed by atoms with Crippen molar-refractivity contribution in [2.45, 2.75) is 280 Å². The number of nitrogens with one attached hydrogen (secondary N) is 2. The van der Waals surface area contributed by atoms with E-state index in [1.807, 2.05) is 143 Å². The maximum atomic E-state index is 12.2. The third kappa shape index (κ3) is 49.8. The summed E-state index contributed by atoms with van der Waals surface area (Å²) in [7, 11) is -1.21. The number of aliphatic hydroxyl groups excluding tert-OH is 1. The molecule has 598 valence electrons. The Kier molecular flexibility index (Phi) is 54.5. The SMILES string of the molecule is C.CC(C)(C)OC(=O)N1CCC(CC=N[S@@](=O)C(C)(C)C)CC1.CO.C[C@@H](N)CC1CCN(C(=O)OC(C)(C)C)CC1.C[C@H](CC1CCN(C(=O)OC(C)(C)C)CC1)NC(=O)c1ccc(Cl)s1.C[C@H](CC1CCN(C(=O)OC(C)(C)C)CC1)N[S@@](=O)C(C)(C)C.Cl.O=C(O)c1ccc(Cl)s1.[CH3-].[Cl-].[Mg+2]. The molecule has 6 N–H and O–H groups in total. The number of nitrogens with two attached hydrogens (primary N) is 1. The first-order chi connectivity index (χ1) is 45.0. The van der Waals surface area contributed by atoms with E-state index in [-0.39, 0.29) is 125 Å². The molecular formula is C72H132Cl4MgN8O14S4. The van der Waals surface area contributed by atoms with Gasteiger partial charge in [0.15, 0.2) is 0 Å². The molecule has 103 heavy (non-hydrogen) atoms. The number of carbonyl (C=O) groups excluding carboxylic acids is 5. The summed E-state index contributed by atoms with van der Waals surface area (Å²) < 4.78 is 53.4. The summed E-state index contributed by atoms with van der Waals surface area (Å²) in [5.74, 6) is 1.23. The molecule has 4 aliphatic heterocycles. The van der Waals surface area contributed by atoms with Crippen LogP contribution in [0.25, 0.3) is 0 Å². The van der Waals surface area contributed by atoms with Crippen LogP contribution in [-0.4, -0.2) is 213 Å². The van der Waals surface area contributed by atoms with Crippen molar-refractivity contribution < 1.29 is 78.8 Å². The van der Waals surface area contributed by atoms with Crippen molar-refractivity contribution in [1.29, 1.82) is 0 Å². The predicted octanol–water partition coefficient (Wildman–Crippen LogP) is 13.8. The summed E-state index contributed by atoms with van der Waals surface area (Å²) in [4.78, 5) is 78.3. The first kappa shape index (κ1) is 109. The summed E-state index contributed by atoms with van der Waals surface area (Å²) in [6, 6.07) is 7.09. The molecule has 4 aliphatic rings. The number of halogens is 4. The number of aliphatic hydroxyl groups is 1. The first-order valence-electron chi connectivity index (χ1n) is 34.3. The molecule has 0 spiro atoms. The van der Waals surface area contributed by atoms with Crippen LogP contribution in [0.3, 0.4) is 0 Å². The molecule has 6 rings (SSSR count). The Morgan fingerprint density at radius 2 is 0.845 bits per heavy atom. The second kappa shape index (κ2) is 51.6. The maximum Gasteiger partial charge on any atom is 2.00 e. The van der Waals surface area contributed by atoms with E-state index in [4.69, 9.17) is 58.1 Å². The second-order valence-corrected chi connectivity index (χ2v) is 38.9. The number of hydrogen-bond donors (Lipinski definition) is 5. The van der Waals surface area contributed by atoms with Crippen molar-refractivity contribution in [2.75, 3.05) is 59.5 Å². The van der Waals surface area contributed by atoms with E-state index in [9.17, 15) is 37.2 Å². The van der Waals surface area contributed by atoms with E-state index in [0.717, 1.165) is 135 Å². The number of carboxylic acid groups (broad SMARTS) is 1. The van der Waals surface area contributed by atoms with Gasteiger partial charge in [0.25, 0.3) is 5.91 Å². The topological polar surface area (TPSA) is 289 Å². The molecule has 0 radical (unpaired) electrons. The van der Waals surface area contributed by atoms with Gasteiger partial charge in [-0.05, 0) is 270 Å². The Labute approximate surface area is 672 Å². The Hall–Kier alpha value is -2.80. The summed E-state index contributed by atoms with van der Waals surface area (Å²) in [6.07, 6.45) is 12.5. The molecule has 0 aromatic carbocycles. The van der Waals surface area contributed by atoms with Gasteiger partial charge in [-0.2, -0.15) is 4.40 Å². The zero-order chi connectivity index (χ0) is 75.3. The first-order valence-corrected chi connectivity index (χ1v) is 38.9. The number of likely N-dealkylation sites (tertiary alicyclic amines) is 4. The van der Waals surface area contributed by atoms with Crippen LogP contribution in [0.15, 0.2) is 28.7 Å². The van der Waals surface area contributed by atoms with Crippen molar-refractivity contribution in [3.8, 4) is 0 Å². The standard InChI is InChI=1S/C18H27ClN2O3S.C17H34N2O3S.C16H30N2O3S.C13H26N2O2.C5H3ClO2S.CH4O.CH4.CH3.2ClH.Mg/c1-12(20-16(22)14-5-6-15(19)25-14)11-13-7-9-21(10-8-13)17(23)24-18(2,3)4;1-13(18-23(21)17(5,6)7)12-14-8-10-19(11-9-14)15(20)22-16(2,3)4;1-15(2,3)21-14(19)18-11-8-13(9-12-18)7-10-17-22(20)16(4,5)6;1-10(14)9-11-5-7-15(8-6-11)12(16)17-13(2,3)4;6-4-2-1-3(9-4)5(7)8;1-2;;;;;/h5-6,12-13H,7-11H2,1-4H3,(H,20,22);13-14,18H,8-12H2,1-7H3;10,13H,7-9,11-12H2,1-6H3;10-11H,5-9,14H2,1-4H3;1-2H,(H,7,8);2H,1H3;1H4;1H3;2*1H;/q;;;;;;;-1;;;+2/p-1/t12-;13-,23+;22-;10-;;;;;;;/m1101......./s1. The molecule has 22 nitrogen and oxygen atoms in total. The van der Waals surface area contributed by atoms with Gasteiger partial charge in [-0.3, -0.25) is 4.79 Å². The molecule has 4 fully saturated rings. The molecule has 0 aliphatic carbocycles. The van der Waals surface area contributed by atoms with Gasteiger partial charge in [0.1, 0.15) is 38.3 Å². The molecule has 2 aromatic heterocycles. The van der Waals surface area contributed by atoms with Crippen molar-refractivity contribution in [3.05, 3.63) is 50.1 Å². The summed E-state index contributed by atoms with van der Waals surface area (Å²) in [6.45, 7) is 46.4. The fourth-order valence-electron chi connectivity index (χ4n) is 10.3. The average molecular weight is 1630 g/mol. The third-order valence-electron chi connectivity index (χ3n) is 15.1. The monoisotopic (exact) mass is 1620 g/mol. The van der Waals surface area contributed by atoms with Crippen molar-refractivity contribution >= 4 is 146 Å². The Morgan fingerprint density at radius 3 is 1.10 bits per heavy atom. The van der Waals surface area contributed by atoms with Crippen LogP contribution in [0.5, 0.6) is 0 Å². The maximum absolute atomic E-state index is 12.2. The van der Waals surface area contributed by atoms with Crippen molar-refractivity contribution in [3.63, 3.8) is 0 Å². The smallest absolute Gasteiger partial charge is 1.00 e. The Morgan fingerprint density at radius 1 is 0.553 bits per heavy atom. The van der Waals surface area contributed by atoms with E-state index < -0.39 is 50.3 Å².